The average molecular weight is 360 g/mol. The summed E-state index contributed by atoms with van der Waals surface area (Å²) in [4.78, 5) is 6.67. The monoisotopic (exact) mass is 358 g/mol. The highest BCUT2D eigenvalue weighted by Gasteiger charge is 2.21. The molecular formula is C13H16BrClN4O. The van der Waals surface area contributed by atoms with Gasteiger partial charge in [0.05, 0.1) is 6.54 Å². The molecule has 1 aromatic heterocycles. The second kappa shape index (κ2) is 6.67. The van der Waals surface area contributed by atoms with Crippen LogP contribution < -0.4 is 5.73 Å². The molecule has 7 heteroatoms. The van der Waals surface area contributed by atoms with Crippen LogP contribution in [0.2, 0.25) is 0 Å². The van der Waals surface area contributed by atoms with Crippen molar-refractivity contribution in [3.8, 4) is 11.4 Å². The molecule has 2 heterocycles. The second-order valence-electron chi connectivity index (χ2n) is 4.81. The summed E-state index contributed by atoms with van der Waals surface area (Å²) in [5.74, 6) is 1.27. The van der Waals surface area contributed by atoms with Gasteiger partial charge in [-0.1, -0.05) is 33.2 Å². The van der Waals surface area contributed by atoms with Crippen LogP contribution in [0.15, 0.2) is 33.3 Å². The summed E-state index contributed by atoms with van der Waals surface area (Å²) in [5, 5.41) is 4.02. The van der Waals surface area contributed by atoms with Gasteiger partial charge in [0.2, 0.25) is 11.7 Å². The first-order valence-electron chi connectivity index (χ1n) is 6.27. The summed E-state index contributed by atoms with van der Waals surface area (Å²) in [6.07, 6.45) is 1.03. The zero-order chi connectivity index (χ0) is 13.2. The molecule has 0 bridgehead atoms. The smallest absolute Gasteiger partial charge is 0.241 e. The fourth-order valence-electron chi connectivity index (χ4n) is 2.26. The van der Waals surface area contributed by atoms with Gasteiger partial charge in [-0.2, -0.15) is 4.98 Å². The summed E-state index contributed by atoms with van der Waals surface area (Å²) in [7, 11) is 0. The van der Waals surface area contributed by atoms with Gasteiger partial charge in [0.15, 0.2) is 0 Å². The highest BCUT2D eigenvalue weighted by Crippen LogP contribution is 2.21. The molecule has 1 atom stereocenters. The van der Waals surface area contributed by atoms with Crippen LogP contribution in [0.1, 0.15) is 12.3 Å². The van der Waals surface area contributed by atoms with E-state index in [4.69, 9.17) is 10.3 Å². The summed E-state index contributed by atoms with van der Waals surface area (Å²) in [5.41, 5.74) is 6.82. The Balaban J connectivity index is 0.00000147. The number of hydrogen-bond donors (Lipinski definition) is 1. The number of hydrogen-bond acceptors (Lipinski definition) is 5. The maximum absolute atomic E-state index is 5.88. The molecule has 108 valence electrons. The molecule has 0 unspecified atom stereocenters. The first-order chi connectivity index (χ1) is 9.20. The zero-order valence-electron chi connectivity index (χ0n) is 10.8. The van der Waals surface area contributed by atoms with Gasteiger partial charge in [-0.25, -0.2) is 0 Å². The number of benzene rings is 1. The Bertz CT molecular complexity index is 577. The van der Waals surface area contributed by atoms with Crippen LogP contribution in [0.4, 0.5) is 0 Å². The third-order valence-corrected chi connectivity index (χ3v) is 3.71. The maximum atomic E-state index is 5.88. The van der Waals surface area contributed by atoms with Crippen LogP contribution in [-0.2, 0) is 6.54 Å². The number of nitrogens with two attached hydrogens (primary N) is 1. The van der Waals surface area contributed by atoms with E-state index in [0.717, 1.165) is 29.5 Å². The number of halogens is 2. The lowest BCUT2D eigenvalue weighted by atomic mass is 10.2. The molecule has 5 nitrogen and oxygen atoms in total. The molecule has 0 saturated carbocycles. The first-order valence-corrected chi connectivity index (χ1v) is 7.06. The van der Waals surface area contributed by atoms with Gasteiger partial charge in [-0.3, -0.25) is 4.90 Å². The van der Waals surface area contributed by atoms with Crippen molar-refractivity contribution in [1.82, 2.24) is 15.0 Å². The Kier molecular flexibility index (Phi) is 5.15. The molecule has 0 amide bonds. The molecule has 1 aliphatic heterocycles. The molecule has 1 aromatic carbocycles. The highest BCUT2D eigenvalue weighted by atomic mass is 79.9. The fraction of sp³-hybridized carbons (Fsp3) is 0.385. The fourth-order valence-corrected chi connectivity index (χ4v) is 2.66. The SMILES string of the molecule is Cl.N[C@H]1CCN(Cc2nc(-c3cccc(Br)c3)no2)C1. The molecule has 2 N–H and O–H groups in total. The second-order valence-corrected chi connectivity index (χ2v) is 5.72. The third kappa shape index (κ3) is 3.58. The van der Waals surface area contributed by atoms with Gasteiger partial charge >= 0.3 is 0 Å². The van der Waals surface area contributed by atoms with Crippen LogP contribution in [0, 0.1) is 0 Å². The van der Waals surface area contributed by atoms with E-state index in [1.54, 1.807) is 0 Å². The Morgan fingerprint density at radius 1 is 1.45 bits per heavy atom. The molecule has 20 heavy (non-hydrogen) atoms. The minimum Gasteiger partial charge on any atom is -0.338 e. The van der Waals surface area contributed by atoms with Gasteiger partial charge in [0, 0.05) is 29.2 Å². The molecule has 1 aliphatic rings. The van der Waals surface area contributed by atoms with Crippen molar-refractivity contribution in [3.63, 3.8) is 0 Å². The van der Waals surface area contributed by atoms with E-state index in [1.165, 1.54) is 0 Å². The van der Waals surface area contributed by atoms with Gasteiger partial charge in [0.25, 0.3) is 0 Å². The predicted octanol–water partition coefficient (Wildman–Crippen LogP) is 2.45. The van der Waals surface area contributed by atoms with Crippen LogP contribution >= 0.6 is 28.3 Å². The van der Waals surface area contributed by atoms with Crippen molar-refractivity contribution >= 4 is 28.3 Å². The van der Waals surface area contributed by atoms with E-state index in [-0.39, 0.29) is 18.4 Å². The molecule has 1 saturated heterocycles. The largest absolute Gasteiger partial charge is 0.338 e. The first kappa shape index (κ1) is 15.4. The molecule has 0 spiro atoms. The van der Waals surface area contributed by atoms with E-state index in [9.17, 15) is 0 Å². The van der Waals surface area contributed by atoms with E-state index in [0.29, 0.717) is 18.3 Å². The topological polar surface area (TPSA) is 68.2 Å². The molecule has 0 radical (unpaired) electrons. The summed E-state index contributed by atoms with van der Waals surface area (Å²) >= 11 is 3.44. The van der Waals surface area contributed by atoms with Gasteiger partial charge < -0.3 is 10.3 Å². The van der Waals surface area contributed by atoms with Crippen LogP contribution in [0.25, 0.3) is 11.4 Å². The summed E-state index contributed by atoms with van der Waals surface area (Å²) in [6, 6.07) is 8.13. The van der Waals surface area contributed by atoms with Crippen molar-refractivity contribution in [2.24, 2.45) is 5.73 Å². The Morgan fingerprint density at radius 2 is 2.30 bits per heavy atom. The van der Waals surface area contributed by atoms with Crippen LogP contribution in [-0.4, -0.2) is 34.2 Å². The van der Waals surface area contributed by atoms with Crippen molar-refractivity contribution in [2.75, 3.05) is 13.1 Å². The number of rotatable bonds is 3. The minimum atomic E-state index is 0. The van der Waals surface area contributed by atoms with E-state index >= 15 is 0 Å². The quantitative estimate of drug-likeness (QED) is 0.911. The molecular weight excluding hydrogens is 344 g/mol. The molecule has 2 aromatic rings. The van der Waals surface area contributed by atoms with Crippen LogP contribution in [0.5, 0.6) is 0 Å². The van der Waals surface area contributed by atoms with E-state index in [2.05, 4.69) is 31.0 Å². The van der Waals surface area contributed by atoms with Gasteiger partial charge in [-0.15, -0.1) is 12.4 Å². The van der Waals surface area contributed by atoms with E-state index < -0.39 is 0 Å². The number of aromatic nitrogens is 2. The number of nitrogens with zero attached hydrogens (tertiary/aromatic N) is 3. The van der Waals surface area contributed by atoms with Gasteiger partial charge in [0.1, 0.15) is 0 Å². The predicted molar refractivity (Wildman–Crippen MR) is 82.6 cm³/mol. The Morgan fingerprint density at radius 3 is 3.00 bits per heavy atom. The van der Waals surface area contributed by atoms with Gasteiger partial charge in [-0.05, 0) is 18.6 Å². The van der Waals surface area contributed by atoms with Crippen molar-refractivity contribution in [3.05, 3.63) is 34.6 Å². The van der Waals surface area contributed by atoms with E-state index in [1.807, 2.05) is 24.3 Å². The Hall–Kier alpha value is -0.950. The summed E-state index contributed by atoms with van der Waals surface area (Å²) in [6.45, 7) is 2.57. The minimum absolute atomic E-state index is 0. The average Bonchev–Trinajstić information content (AvgIpc) is 2.99. The lowest BCUT2D eigenvalue weighted by Crippen LogP contribution is -2.26. The van der Waals surface area contributed by atoms with Crippen LogP contribution in [0.3, 0.4) is 0 Å². The standard InChI is InChI=1S/C13H15BrN4O.ClH/c14-10-3-1-2-9(6-10)13-16-12(19-17-13)8-18-5-4-11(15)7-18;/h1-3,6,11H,4-5,7-8,15H2;1H/t11-;/m0./s1. The lowest BCUT2D eigenvalue weighted by molar-refractivity contribution is 0.265. The molecule has 0 aliphatic carbocycles. The van der Waals surface area contributed by atoms with Crippen molar-refractivity contribution in [1.29, 1.82) is 0 Å². The molecule has 3 rings (SSSR count). The number of likely N-dealkylation sites (tertiary alicyclic amines) is 1. The Labute approximate surface area is 132 Å². The summed E-state index contributed by atoms with van der Waals surface area (Å²) < 4.78 is 6.30. The maximum Gasteiger partial charge on any atom is 0.241 e. The lowest BCUT2D eigenvalue weighted by Gasteiger charge is -2.10. The van der Waals surface area contributed by atoms with Crippen molar-refractivity contribution in [2.45, 2.75) is 19.0 Å². The highest BCUT2D eigenvalue weighted by molar-refractivity contribution is 9.10. The normalized spacial score (nSPS) is 19.0. The van der Waals surface area contributed by atoms with Crippen molar-refractivity contribution < 1.29 is 4.52 Å². The zero-order valence-corrected chi connectivity index (χ0v) is 13.2. The molecule has 1 fully saturated rings. The third-order valence-electron chi connectivity index (χ3n) is 3.22.